The number of allylic oxidation sites excluding steroid dienone is 3. The van der Waals surface area contributed by atoms with E-state index in [0.717, 1.165) is 56.1 Å². The average molecular weight is 357 g/mol. The minimum atomic E-state index is -0.171. The van der Waals surface area contributed by atoms with E-state index < -0.39 is 0 Å². The number of hydrogen-bond donors (Lipinski definition) is 1. The van der Waals surface area contributed by atoms with Crippen molar-refractivity contribution < 1.29 is 14.3 Å². The van der Waals surface area contributed by atoms with E-state index in [-0.39, 0.29) is 22.9 Å². The summed E-state index contributed by atoms with van der Waals surface area (Å²) in [6, 6.07) is 0. The molecule has 6 atom stereocenters. The van der Waals surface area contributed by atoms with E-state index in [4.69, 9.17) is 10.5 Å². The lowest BCUT2D eigenvalue weighted by atomic mass is 9.48. The molecule has 4 heteroatoms. The molecule has 4 aliphatic carbocycles. The van der Waals surface area contributed by atoms with Crippen molar-refractivity contribution in [1.82, 2.24) is 0 Å². The minimum Gasteiger partial charge on any atom is -0.462 e. The van der Waals surface area contributed by atoms with Gasteiger partial charge in [-0.25, -0.2) is 0 Å². The Hall–Kier alpha value is -1.58. The van der Waals surface area contributed by atoms with Crippen LogP contribution in [0.15, 0.2) is 22.9 Å². The van der Waals surface area contributed by atoms with Gasteiger partial charge in [0.25, 0.3) is 0 Å². The van der Waals surface area contributed by atoms with Gasteiger partial charge in [0.05, 0.1) is 0 Å². The predicted octanol–water partition coefficient (Wildman–Crippen LogP) is 3.90. The first-order valence-electron chi connectivity index (χ1n) is 10.1. The summed E-state index contributed by atoms with van der Waals surface area (Å²) in [6.07, 6.45) is 10.6. The zero-order valence-electron chi connectivity index (χ0n) is 16.2. The van der Waals surface area contributed by atoms with Gasteiger partial charge in [-0.2, -0.15) is 0 Å². The zero-order valence-corrected chi connectivity index (χ0v) is 16.2. The lowest BCUT2D eigenvalue weighted by molar-refractivity contribution is -0.148. The van der Waals surface area contributed by atoms with Gasteiger partial charge in [-0.1, -0.05) is 25.5 Å². The molecule has 0 heterocycles. The topological polar surface area (TPSA) is 69.4 Å². The van der Waals surface area contributed by atoms with Crippen LogP contribution in [0, 0.1) is 28.6 Å². The molecule has 2 saturated carbocycles. The molecule has 0 amide bonds. The average Bonchev–Trinajstić information content (AvgIpc) is 2.86. The van der Waals surface area contributed by atoms with Gasteiger partial charge in [0, 0.05) is 30.0 Å². The van der Waals surface area contributed by atoms with Crippen molar-refractivity contribution >= 4 is 12.3 Å². The highest BCUT2D eigenvalue weighted by molar-refractivity contribution is 5.76. The Kier molecular flexibility index (Phi) is 4.09. The number of rotatable bonds is 2. The van der Waals surface area contributed by atoms with Crippen molar-refractivity contribution in [3.05, 3.63) is 22.9 Å². The molecule has 0 saturated heterocycles. The van der Waals surface area contributed by atoms with E-state index in [2.05, 4.69) is 19.9 Å². The second-order valence-corrected chi connectivity index (χ2v) is 9.45. The Morgan fingerprint density at radius 2 is 1.92 bits per heavy atom. The summed E-state index contributed by atoms with van der Waals surface area (Å²) >= 11 is 0. The second-order valence-electron chi connectivity index (χ2n) is 9.45. The number of carbonyl (C=O) groups is 2. The van der Waals surface area contributed by atoms with Crippen molar-refractivity contribution in [2.75, 3.05) is 0 Å². The fourth-order valence-electron chi connectivity index (χ4n) is 6.82. The maximum Gasteiger partial charge on any atom is 0.302 e. The summed E-state index contributed by atoms with van der Waals surface area (Å²) in [6.45, 7) is 6.21. The maximum atomic E-state index is 11.5. The van der Waals surface area contributed by atoms with Crippen LogP contribution in [0.1, 0.15) is 65.7 Å². The van der Waals surface area contributed by atoms with Crippen LogP contribution in [0.5, 0.6) is 0 Å². The molecule has 4 aliphatic rings. The molecule has 0 aromatic rings. The summed E-state index contributed by atoms with van der Waals surface area (Å²) in [7, 11) is 0. The van der Waals surface area contributed by atoms with Gasteiger partial charge >= 0.3 is 5.97 Å². The minimum absolute atomic E-state index is 0.00590. The Bertz CT molecular complexity index is 708. The quantitative estimate of drug-likeness (QED) is 0.462. The number of hydrogen-bond acceptors (Lipinski definition) is 4. The summed E-state index contributed by atoms with van der Waals surface area (Å²) in [5.74, 6) is 1.57. The van der Waals surface area contributed by atoms with Gasteiger partial charge < -0.3 is 10.5 Å². The lowest BCUT2D eigenvalue weighted by Gasteiger charge is -2.57. The van der Waals surface area contributed by atoms with Gasteiger partial charge in [-0.3, -0.25) is 9.59 Å². The number of esters is 1. The van der Waals surface area contributed by atoms with Gasteiger partial charge in [-0.15, -0.1) is 0 Å². The fraction of sp³-hybridized carbons (Fsp3) is 0.727. The van der Waals surface area contributed by atoms with Crippen LogP contribution in [0.25, 0.3) is 0 Å². The van der Waals surface area contributed by atoms with E-state index in [1.807, 2.05) is 0 Å². The van der Waals surface area contributed by atoms with Gasteiger partial charge in [0.15, 0.2) is 0 Å². The van der Waals surface area contributed by atoms with E-state index in [9.17, 15) is 9.59 Å². The largest absolute Gasteiger partial charge is 0.462 e. The molecule has 0 unspecified atom stereocenters. The molecule has 0 bridgehead atoms. The number of aldehydes is 1. The van der Waals surface area contributed by atoms with Crippen molar-refractivity contribution in [3.63, 3.8) is 0 Å². The fourth-order valence-corrected chi connectivity index (χ4v) is 6.82. The summed E-state index contributed by atoms with van der Waals surface area (Å²) in [5, 5.41) is 0. The summed E-state index contributed by atoms with van der Waals surface area (Å²) in [4.78, 5) is 22.8. The van der Waals surface area contributed by atoms with E-state index in [0.29, 0.717) is 17.8 Å². The molecular weight excluding hydrogens is 326 g/mol. The van der Waals surface area contributed by atoms with Crippen LogP contribution in [-0.2, 0) is 14.3 Å². The molecule has 2 N–H and O–H groups in total. The third-order valence-corrected chi connectivity index (χ3v) is 8.32. The molecule has 26 heavy (non-hydrogen) atoms. The number of ether oxygens (including phenoxy) is 1. The first kappa shape index (κ1) is 17.8. The predicted molar refractivity (Wildman–Crippen MR) is 99.9 cm³/mol. The standard InChI is InChI=1S/C22H31NO3/c1-13(25)26-16-6-8-21(2)15(11-16)4-5-17-18(21)7-9-22(3)19(17)10-14(12-24)20(22)23/h4,12,16-19H,5-11,23H2,1-3H3/t16-,17+,18-,19-,21-,22-/m0/s1. The van der Waals surface area contributed by atoms with E-state index in [1.165, 1.54) is 18.9 Å². The molecule has 2 fully saturated rings. The zero-order chi connectivity index (χ0) is 18.7. The first-order chi connectivity index (χ1) is 12.3. The van der Waals surface area contributed by atoms with Gasteiger partial charge in [0.2, 0.25) is 0 Å². The lowest BCUT2D eigenvalue weighted by Crippen LogP contribution is -2.50. The molecule has 0 aliphatic heterocycles. The molecule has 0 radical (unpaired) electrons. The third-order valence-electron chi connectivity index (χ3n) is 8.32. The van der Waals surface area contributed by atoms with Crippen molar-refractivity contribution in [1.29, 1.82) is 0 Å². The Morgan fingerprint density at radius 1 is 1.19 bits per heavy atom. The molecule has 0 aromatic heterocycles. The molecule has 0 aromatic carbocycles. The molecular formula is C22H31NO3. The number of carbonyl (C=O) groups excluding carboxylic acids is 2. The van der Waals surface area contributed by atoms with Crippen molar-refractivity contribution in [3.8, 4) is 0 Å². The number of nitrogens with two attached hydrogens (primary N) is 1. The van der Waals surface area contributed by atoms with Crippen LogP contribution in [-0.4, -0.2) is 18.4 Å². The SMILES string of the molecule is CC(=O)O[C@H]1CC[C@@]2(C)C(=CC[C@@H]3[C@@H]2CC[C@]2(C)C(N)=C(C=O)C[C@@H]32)C1. The third kappa shape index (κ3) is 2.40. The molecule has 4 nitrogen and oxygen atoms in total. The first-order valence-corrected chi connectivity index (χ1v) is 10.1. The van der Waals surface area contributed by atoms with Gasteiger partial charge in [0.1, 0.15) is 12.4 Å². The van der Waals surface area contributed by atoms with Gasteiger partial charge in [-0.05, 0) is 61.7 Å². The van der Waals surface area contributed by atoms with Crippen LogP contribution < -0.4 is 5.73 Å². The van der Waals surface area contributed by atoms with Crippen LogP contribution in [0.3, 0.4) is 0 Å². The molecule has 0 spiro atoms. The van der Waals surface area contributed by atoms with E-state index >= 15 is 0 Å². The maximum absolute atomic E-state index is 11.5. The smallest absolute Gasteiger partial charge is 0.302 e. The monoisotopic (exact) mass is 357 g/mol. The molecule has 142 valence electrons. The van der Waals surface area contributed by atoms with E-state index in [1.54, 1.807) is 0 Å². The number of fused-ring (bicyclic) bond motifs is 5. The highest BCUT2D eigenvalue weighted by atomic mass is 16.5. The Labute approximate surface area is 156 Å². The van der Waals surface area contributed by atoms with Crippen molar-refractivity contribution in [2.45, 2.75) is 71.8 Å². The van der Waals surface area contributed by atoms with Crippen LogP contribution >= 0.6 is 0 Å². The highest BCUT2D eigenvalue weighted by Crippen LogP contribution is 2.65. The normalized spacial score (nSPS) is 44.5. The van der Waals surface area contributed by atoms with Crippen LogP contribution in [0.4, 0.5) is 0 Å². The Balaban J connectivity index is 1.61. The summed E-state index contributed by atoms with van der Waals surface area (Å²) in [5.41, 5.74) is 9.81. The van der Waals surface area contributed by atoms with Crippen molar-refractivity contribution in [2.24, 2.45) is 34.3 Å². The van der Waals surface area contributed by atoms with Crippen LogP contribution in [0.2, 0.25) is 0 Å². The second kappa shape index (κ2) is 5.97. The molecule has 4 rings (SSSR count). The Morgan fingerprint density at radius 3 is 2.62 bits per heavy atom. The summed E-state index contributed by atoms with van der Waals surface area (Å²) < 4.78 is 5.51. The highest BCUT2D eigenvalue weighted by Gasteiger charge is 2.57.